The van der Waals surface area contributed by atoms with Gasteiger partial charge < -0.3 is 15.0 Å². The summed E-state index contributed by atoms with van der Waals surface area (Å²) in [5.74, 6) is 0.795. The molecule has 1 heterocycles. The number of hydrogen-bond acceptors (Lipinski definition) is 2. The fraction of sp³-hybridized carbons (Fsp3) is 0.400. The Morgan fingerprint density at radius 3 is 2.84 bits per heavy atom. The van der Waals surface area contributed by atoms with E-state index in [9.17, 15) is 4.79 Å². The van der Waals surface area contributed by atoms with Crippen molar-refractivity contribution in [3.05, 3.63) is 30.0 Å². The molecule has 1 aromatic heterocycles. The number of hydrogen-bond donors (Lipinski definition) is 2. The molecule has 19 heavy (non-hydrogen) atoms. The quantitative estimate of drug-likeness (QED) is 0.886. The number of amides is 1. The van der Waals surface area contributed by atoms with Gasteiger partial charge in [0, 0.05) is 23.0 Å². The van der Waals surface area contributed by atoms with Gasteiger partial charge in [0.15, 0.2) is 0 Å². The van der Waals surface area contributed by atoms with Gasteiger partial charge in [-0.25, -0.2) is 0 Å². The van der Waals surface area contributed by atoms with Crippen LogP contribution in [0.5, 0.6) is 5.75 Å². The number of aromatic nitrogens is 1. The van der Waals surface area contributed by atoms with Crippen LogP contribution in [0.25, 0.3) is 10.9 Å². The molecule has 1 amide bonds. The second-order valence-electron chi connectivity index (χ2n) is 5.35. The molecule has 0 bridgehead atoms. The summed E-state index contributed by atoms with van der Waals surface area (Å²) >= 11 is 0. The van der Waals surface area contributed by atoms with Gasteiger partial charge in [-0.2, -0.15) is 0 Å². The van der Waals surface area contributed by atoms with E-state index in [1.807, 2.05) is 38.1 Å². The Kier molecular flexibility index (Phi) is 2.93. The van der Waals surface area contributed by atoms with E-state index in [0.29, 0.717) is 11.7 Å². The Bertz CT molecular complexity index is 612. The summed E-state index contributed by atoms with van der Waals surface area (Å²) in [4.78, 5) is 15.1. The van der Waals surface area contributed by atoms with Crippen LogP contribution in [0.15, 0.2) is 24.3 Å². The van der Waals surface area contributed by atoms with Crippen LogP contribution in [0.1, 0.15) is 37.2 Å². The number of rotatable bonds is 4. The van der Waals surface area contributed by atoms with Gasteiger partial charge in [-0.15, -0.1) is 0 Å². The van der Waals surface area contributed by atoms with E-state index in [0.717, 1.165) is 29.5 Å². The Balaban J connectivity index is 1.85. The van der Waals surface area contributed by atoms with Gasteiger partial charge in [0.05, 0.1) is 6.10 Å². The van der Waals surface area contributed by atoms with E-state index in [2.05, 4.69) is 10.3 Å². The van der Waals surface area contributed by atoms with Gasteiger partial charge in [-0.1, -0.05) is 0 Å². The van der Waals surface area contributed by atoms with Gasteiger partial charge in [0.2, 0.25) is 0 Å². The summed E-state index contributed by atoms with van der Waals surface area (Å²) in [6.07, 6.45) is 2.33. The number of benzene rings is 1. The van der Waals surface area contributed by atoms with Crippen molar-refractivity contribution < 1.29 is 9.53 Å². The Labute approximate surface area is 112 Å². The summed E-state index contributed by atoms with van der Waals surface area (Å²) in [6, 6.07) is 8.09. The first-order valence-electron chi connectivity index (χ1n) is 6.72. The molecule has 0 spiro atoms. The molecule has 0 unspecified atom stereocenters. The molecule has 0 aliphatic heterocycles. The molecule has 100 valence electrons. The number of nitrogens with one attached hydrogen (secondary N) is 2. The zero-order chi connectivity index (χ0) is 13.4. The summed E-state index contributed by atoms with van der Waals surface area (Å²) in [5, 5.41) is 4.00. The SMILES string of the molecule is CC(C)Oc1ccc2cc(C(=O)NC3CC3)[nH]c2c1. The predicted octanol–water partition coefficient (Wildman–Crippen LogP) is 2.85. The van der Waals surface area contributed by atoms with E-state index < -0.39 is 0 Å². The summed E-state index contributed by atoms with van der Waals surface area (Å²) in [7, 11) is 0. The first-order valence-corrected chi connectivity index (χ1v) is 6.72. The molecule has 3 rings (SSSR count). The van der Waals surface area contributed by atoms with Crippen molar-refractivity contribution in [2.24, 2.45) is 0 Å². The molecular weight excluding hydrogens is 240 g/mol. The number of aromatic amines is 1. The maximum absolute atomic E-state index is 12.0. The molecule has 1 aliphatic rings. The molecular formula is C15H18N2O2. The van der Waals surface area contributed by atoms with Crippen molar-refractivity contribution in [3.8, 4) is 5.75 Å². The van der Waals surface area contributed by atoms with Crippen LogP contribution in [0.4, 0.5) is 0 Å². The molecule has 0 atom stereocenters. The van der Waals surface area contributed by atoms with Gasteiger partial charge in [0.1, 0.15) is 11.4 Å². The molecule has 2 N–H and O–H groups in total. The van der Waals surface area contributed by atoms with E-state index in [1.165, 1.54) is 0 Å². The lowest BCUT2D eigenvalue weighted by atomic mass is 10.2. The minimum atomic E-state index is -0.0231. The van der Waals surface area contributed by atoms with Gasteiger partial charge in [-0.3, -0.25) is 4.79 Å². The molecule has 0 radical (unpaired) electrons. The summed E-state index contributed by atoms with van der Waals surface area (Å²) in [5.41, 5.74) is 1.54. The van der Waals surface area contributed by atoms with Crippen LogP contribution in [0.2, 0.25) is 0 Å². The second-order valence-corrected chi connectivity index (χ2v) is 5.35. The van der Waals surface area contributed by atoms with Gasteiger partial charge >= 0.3 is 0 Å². The highest BCUT2D eigenvalue weighted by Crippen LogP contribution is 2.23. The maximum atomic E-state index is 12.0. The first kappa shape index (κ1) is 12.1. The van der Waals surface area contributed by atoms with Gasteiger partial charge in [-0.05, 0) is 44.9 Å². The topological polar surface area (TPSA) is 54.1 Å². The van der Waals surface area contributed by atoms with Crippen LogP contribution in [0.3, 0.4) is 0 Å². The van der Waals surface area contributed by atoms with Crippen molar-refractivity contribution in [1.82, 2.24) is 10.3 Å². The van der Waals surface area contributed by atoms with E-state index in [1.54, 1.807) is 0 Å². The fourth-order valence-electron chi connectivity index (χ4n) is 2.06. The third-order valence-electron chi connectivity index (χ3n) is 3.12. The highest BCUT2D eigenvalue weighted by Gasteiger charge is 2.24. The summed E-state index contributed by atoms with van der Waals surface area (Å²) in [6.45, 7) is 3.99. The highest BCUT2D eigenvalue weighted by atomic mass is 16.5. The van der Waals surface area contributed by atoms with Crippen LogP contribution in [0, 0.1) is 0 Å². The molecule has 4 heteroatoms. The second kappa shape index (κ2) is 4.61. The molecule has 2 aromatic rings. The molecule has 1 saturated carbocycles. The number of ether oxygens (including phenoxy) is 1. The maximum Gasteiger partial charge on any atom is 0.267 e. The lowest BCUT2D eigenvalue weighted by molar-refractivity contribution is 0.0947. The van der Waals surface area contributed by atoms with Crippen LogP contribution in [-0.2, 0) is 0 Å². The molecule has 4 nitrogen and oxygen atoms in total. The van der Waals surface area contributed by atoms with Crippen molar-refractivity contribution in [2.75, 3.05) is 0 Å². The Morgan fingerprint density at radius 2 is 2.16 bits per heavy atom. The number of carbonyl (C=O) groups excluding carboxylic acids is 1. The van der Waals surface area contributed by atoms with Gasteiger partial charge in [0.25, 0.3) is 5.91 Å². The van der Waals surface area contributed by atoms with Crippen LogP contribution < -0.4 is 10.1 Å². The fourth-order valence-corrected chi connectivity index (χ4v) is 2.06. The first-order chi connectivity index (χ1) is 9.11. The van der Waals surface area contributed by atoms with E-state index in [-0.39, 0.29) is 12.0 Å². The van der Waals surface area contributed by atoms with Crippen molar-refractivity contribution in [3.63, 3.8) is 0 Å². The monoisotopic (exact) mass is 258 g/mol. The third-order valence-corrected chi connectivity index (χ3v) is 3.12. The van der Waals surface area contributed by atoms with Crippen LogP contribution >= 0.6 is 0 Å². The Hall–Kier alpha value is -1.97. The highest BCUT2D eigenvalue weighted by molar-refractivity contribution is 5.98. The molecule has 1 aliphatic carbocycles. The smallest absolute Gasteiger partial charge is 0.267 e. The number of carbonyl (C=O) groups is 1. The lowest BCUT2D eigenvalue weighted by Gasteiger charge is -2.08. The average Bonchev–Trinajstić information content (AvgIpc) is 3.05. The van der Waals surface area contributed by atoms with Crippen LogP contribution in [-0.4, -0.2) is 23.0 Å². The Morgan fingerprint density at radius 1 is 1.37 bits per heavy atom. The van der Waals surface area contributed by atoms with Crippen molar-refractivity contribution >= 4 is 16.8 Å². The van der Waals surface area contributed by atoms with Crippen molar-refractivity contribution in [2.45, 2.75) is 38.8 Å². The molecule has 1 aromatic carbocycles. The van der Waals surface area contributed by atoms with E-state index >= 15 is 0 Å². The number of H-pyrrole nitrogens is 1. The normalized spacial score (nSPS) is 14.9. The summed E-state index contributed by atoms with van der Waals surface area (Å²) < 4.78 is 5.65. The zero-order valence-electron chi connectivity index (χ0n) is 11.2. The standard InChI is InChI=1S/C15H18N2O2/c1-9(2)19-12-6-3-10-7-14(17-13(10)8-12)15(18)16-11-4-5-11/h3,6-9,11,17H,4-5H2,1-2H3,(H,16,18). The average molecular weight is 258 g/mol. The molecule has 0 saturated heterocycles. The third kappa shape index (κ3) is 2.72. The van der Waals surface area contributed by atoms with E-state index in [4.69, 9.17) is 4.74 Å². The predicted molar refractivity (Wildman–Crippen MR) is 74.6 cm³/mol. The number of fused-ring (bicyclic) bond motifs is 1. The lowest BCUT2D eigenvalue weighted by Crippen LogP contribution is -2.25. The van der Waals surface area contributed by atoms with Crippen molar-refractivity contribution in [1.29, 1.82) is 0 Å². The largest absolute Gasteiger partial charge is 0.491 e. The molecule has 1 fully saturated rings. The minimum Gasteiger partial charge on any atom is -0.491 e. The minimum absolute atomic E-state index is 0.0231. The zero-order valence-corrected chi connectivity index (χ0v) is 11.2.